The predicted molar refractivity (Wildman–Crippen MR) is 55.7 cm³/mol. The largest absolute Gasteiger partial charge is 0.343 e. The van der Waals surface area contributed by atoms with Gasteiger partial charge < -0.3 is 11.8 Å². The first kappa shape index (κ1) is 11.9. The lowest BCUT2D eigenvalue weighted by atomic mass is 10.3. The predicted octanol–water partition coefficient (Wildman–Crippen LogP) is -0.578. The van der Waals surface area contributed by atoms with Crippen molar-refractivity contribution >= 4 is 10.2 Å². The molecule has 0 atom stereocenters. The molecule has 0 aromatic carbocycles. The summed E-state index contributed by atoms with van der Waals surface area (Å²) >= 11 is 0. The standard InChI is InChI=1S/C8H18N3O2S/c1-2-3-4-10-5-7-11(8-6-10)14(9,12)13/h1-8H2,(H2,9,12,13)/q-1. The summed E-state index contributed by atoms with van der Waals surface area (Å²) in [5, 5.41) is 5.03. The molecule has 5 nitrogen and oxygen atoms in total. The van der Waals surface area contributed by atoms with Crippen molar-refractivity contribution in [2.24, 2.45) is 5.14 Å². The molecule has 1 heterocycles. The van der Waals surface area contributed by atoms with Gasteiger partial charge in [-0.2, -0.15) is 19.1 Å². The number of hydrogen-bond donors (Lipinski definition) is 1. The van der Waals surface area contributed by atoms with Gasteiger partial charge in [-0.3, -0.25) is 0 Å². The quantitative estimate of drug-likeness (QED) is 0.645. The van der Waals surface area contributed by atoms with E-state index >= 15 is 0 Å². The van der Waals surface area contributed by atoms with E-state index in [1.807, 2.05) is 0 Å². The summed E-state index contributed by atoms with van der Waals surface area (Å²) < 4.78 is 23.3. The first-order valence-electron chi connectivity index (χ1n) is 4.83. The van der Waals surface area contributed by atoms with Gasteiger partial charge >= 0.3 is 0 Å². The van der Waals surface area contributed by atoms with Crippen LogP contribution in [0, 0.1) is 6.92 Å². The second kappa shape index (κ2) is 5.06. The molecular formula is C8H18N3O2S-. The van der Waals surface area contributed by atoms with Gasteiger partial charge in [0.15, 0.2) is 0 Å². The molecule has 1 aliphatic rings. The van der Waals surface area contributed by atoms with Crippen LogP contribution in [-0.4, -0.2) is 50.3 Å². The number of nitrogens with two attached hydrogens (primary N) is 1. The molecule has 0 radical (unpaired) electrons. The summed E-state index contributed by atoms with van der Waals surface area (Å²) in [5.41, 5.74) is 0. The molecule has 2 N–H and O–H groups in total. The van der Waals surface area contributed by atoms with Gasteiger partial charge in [-0.05, 0) is 6.54 Å². The number of unbranched alkanes of at least 4 members (excludes halogenated alkanes) is 1. The van der Waals surface area contributed by atoms with Gasteiger partial charge in [0, 0.05) is 26.2 Å². The molecule has 0 bridgehead atoms. The molecule has 0 spiro atoms. The number of piperazine rings is 1. The third kappa shape index (κ3) is 3.53. The highest BCUT2D eigenvalue weighted by molar-refractivity contribution is 7.86. The Hall–Kier alpha value is -0.170. The third-order valence-corrected chi connectivity index (χ3v) is 3.50. The van der Waals surface area contributed by atoms with Crippen molar-refractivity contribution in [3.8, 4) is 0 Å². The van der Waals surface area contributed by atoms with E-state index < -0.39 is 10.2 Å². The SMILES string of the molecule is [CH2-]CCCN1CCN(S(N)(=O)=O)CC1. The molecule has 0 aliphatic carbocycles. The van der Waals surface area contributed by atoms with Gasteiger partial charge in [0.25, 0.3) is 10.2 Å². The van der Waals surface area contributed by atoms with Crippen molar-refractivity contribution in [3.05, 3.63) is 6.92 Å². The molecule has 6 heteroatoms. The van der Waals surface area contributed by atoms with Gasteiger partial charge in [-0.1, -0.05) is 6.42 Å². The summed E-state index contributed by atoms with van der Waals surface area (Å²) in [6, 6.07) is 0. The van der Waals surface area contributed by atoms with Crippen molar-refractivity contribution in [1.29, 1.82) is 0 Å². The van der Waals surface area contributed by atoms with Crippen molar-refractivity contribution in [3.63, 3.8) is 0 Å². The molecule has 0 amide bonds. The Labute approximate surface area is 86.0 Å². The van der Waals surface area contributed by atoms with Crippen molar-refractivity contribution in [2.45, 2.75) is 12.8 Å². The lowest BCUT2D eigenvalue weighted by Gasteiger charge is -2.32. The zero-order chi connectivity index (χ0) is 10.6. The maximum absolute atomic E-state index is 11.0. The minimum absolute atomic E-state index is 0.510. The van der Waals surface area contributed by atoms with Crippen LogP contribution < -0.4 is 5.14 Å². The summed E-state index contributed by atoms with van der Waals surface area (Å²) in [6.07, 6.45) is 1.99. The second-order valence-corrected chi connectivity index (χ2v) is 5.04. The maximum Gasteiger partial charge on any atom is 0.276 e. The zero-order valence-electron chi connectivity index (χ0n) is 8.35. The van der Waals surface area contributed by atoms with Crippen LogP contribution in [-0.2, 0) is 10.2 Å². The number of nitrogens with zero attached hydrogens (tertiary/aromatic N) is 2. The minimum Gasteiger partial charge on any atom is -0.343 e. The fourth-order valence-electron chi connectivity index (χ4n) is 1.54. The summed E-state index contributed by atoms with van der Waals surface area (Å²) in [6.45, 7) is 7.34. The van der Waals surface area contributed by atoms with E-state index in [0.29, 0.717) is 13.1 Å². The van der Waals surface area contributed by atoms with Crippen LogP contribution in [0.5, 0.6) is 0 Å². The lowest BCUT2D eigenvalue weighted by Crippen LogP contribution is -2.50. The van der Waals surface area contributed by atoms with Gasteiger partial charge in [0.2, 0.25) is 0 Å². The third-order valence-electron chi connectivity index (χ3n) is 2.42. The number of rotatable bonds is 4. The molecule has 1 rings (SSSR count). The van der Waals surface area contributed by atoms with Gasteiger partial charge in [0.1, 0.15) is 0 Å². The number of hydrogen-bond acceptors (Lipinski definition) is 3. The highest BCUT2D eigenvalue weighted by atomic mass is 32.2. The van der Waals surface area contributed by atoms with E-state index in [0.717, 1.165) is 32.5 Å². The summed E-state index contributed by atoms with van der Waals surface area (Å²) in [5.74, 6) is 0. The highest BCUT2D eigenvalue weighted by Crippen LogP contribution is 2.05. The summed E-state index contributed by atoms with van der Waals surface area (Å²) in [4.78, 5) is 2.24. The van der Waals surface area contributed by atoms with Crippen LogP contribution in [0.1, 0.15) is 12.8 Å². The van der Waals surface area contributed by atoms with Crippen LogP contribution in [0.2, 0.25) is 0 Å². The molecule has 1 fully saturated rings. The Morgan fingerprint density at radius 2 is 1.79 bits per heavy atom. The molecule has 84 valence electrons. The molecule has 0 saturated carbocycles. The van der Waals surface area contributed by atoms with Crippen molar-refractivity contribution in [2.75, 3.05) is 32.7 Å². The highest BCUT2D eigenvalue weighted by Gasteiger charge is 2.22. The van der Waals surface area contributed by atoms with E-state index in [4.69, 9.17) is 5.14 Å². The maximum atomic E-state index is 11.0. The lowest BCUT2D eigenvalue weighted by molar-refractivity contribution is 0.187. The molecule has 14 heavy (non-hydrogen) atoms. The average Bonchev–Trinajstić information content (AvgIpc) is 2.14. The summed E-state index contributed by atoms with van der Waals surface area (Å²) in [7, 11) is -3.48. The van der Waals surface area contributed by atoms with Gasteiger partial charge in [-0.15, -0.1) is 0 Å². The van der Waals surface area contributed by atoms with Crippen LogP contribution in [0.25, 0.3) is 0 Å². The van der Waals surface area contributed by atoms with Gasteiger partial charge in [0.05, 0.1) is 0 Å². The molecule has 1 aliphatic heterocycles. The Morgan fingerprint density at radius 1 is 1.21 bits per heavy atom. The Balaban J connectivity index is 2.31. The van der Waals surface area contributed by atoms with E-state index in [2.05, 4.69) is 11.8 Å². The van der Waals surface area contributed by atoms with Crippen LogP contribution >= 0.6 is 0 Å². The van der Waals surface area contributed by atoms with E-state index in [-0.39, 0.29) is 0 Å². The first-order chi connectivity index (χ1) is 6.54. The first-order valence-corrected chi connectivity index (χ1v) is 6.34. The smallest absolute Gasteiger partial charge is 0.276 e. The normalized spacial score (nSPS) is 21.3. The minimum atomic E-state index is -3.48. The second-order valence-electron chi connectivity index (χ2n) is 3.49. The fourth-order valence-corrected chi connectivity index (χ4v) is 2.22. The molecule has 0 aromatic rings. The van der Waals surface area contributed by atoms with Crippen molar-refractivity contribution < 1.29 is 8.42 Å². The van der Waals surface area contributed by atoms with Crippen LogP contribution in [0.4, 0.5) is 0 Å². The topological polar surface area (TPSA) is 66.6 Å². The van der Waals surface area contributed by atoms with E-state index in [1.165, 1.54) is 4.31 Å². The fraction of sp³-hybridized carbons (Fsp3) is 0.875. The van der Waals surface area contributed by atoms with E-state index in [1.54, 1.807) is 0 Å². The van der Waals surface area contributed by atoms with E-state index in [9.17, 15) is 8.42 Å². The van der Waals surface area contributed by atoms with Crippen LogP contribution in [0.15, 0.2) is 0 Å². The molecule has 0 aromatic heterocycles. The Morgan fingerprint density at radius 3 is 2.21 bits per heavy atom. The molecule has 1 saturated heterocycles. The van der Waals surface area contributed by atoms with Crippen LogP contribution in [0.3, 0.4) is 0 Å². The monoisotopic (exact) mass is 220 g/mol. The Kier molecular flexibility index (Phi) is 4.31. The Bertz CT molecular complexity index is 258. The average molecular weight is 220 g/mol. The zero-order valence-corrected chi connectivity index (χ0v) is 9.17. The molecular weight excluding hydrogens is 202 g/mol. The van der Waals surface area contributed by atoms with Gasteiger partial charge in [-0.25, -0.2) is 5.14 Å². The molecule has 0 unspecified atom stereocenters. The van der Waals surface area contributed by atoms with Crippen molar-refractivity contribution in [1.82, 2.24) is 9.21 Å².